The van der Waals surface area contributed by atoms with E-state index in [0.29, 0.717) is 11.8 Å². The van der Waals surface area contributed by atoms with Crippen molar-refractivity contribution in [1.82, 2.24) is 5.32 Å². The minimum absolute atomic E-state index is 0.00943. The summed E-state index contributed by atoms with van der Waals surface area (Å²) in [5, 5.41) is 10.9. The molecule has 0 amide bonds. The minimum Gasteiger partial charge on any atom is -0.309 e. The Bertz CT molecular complexity index is 483. The summed E-state index contributed by atoms with van der Waals surface area (Å²) in [7, 11) is -3.37. The van der Waals surface area contributed by atoms with Crippen LogP contribution in [-0.2, 0) is 10.0 Å². The standard InChI is InChI=1S/C10H16N2O2S3/c1-7-6-9(12-3-5-17(11,13)14)8-2-4-15-10(8)16-7/h2,4,7,9,12H,3,5-6H2,1H3,(H2,11,13,14)/t7-,9?/m0/s1. The van der Waals surface area contributed by atoms with E-state index in [1.54, 1.807) is 11.3 Å². The van der Waals surface area contributed by atoms with Crippen molar-refractivity contribution >= 4 is 33.1 Å². The predicted molar refractivity (Wildman–Crippen MR) is 73.0 cm³/mol. The molecule has 2 heterocycles. The minimum atomic E-state index is -3.37. The number of hydrogen-bond acceptors (Lipinski definition) is 5. The summed E-state index contributed by atoms with van der Waals surface area (Å²) in [6.45, 7) is 2.61. The summed E-state index contributed by atoms with van der Waals surface area (Å²) in [5.74, 6) is -0.00943. The Labute approximate surface area is 110 Å². The third kappa shape index (κ3) is 3.69. The average Bonchev–Trinajstić information content (AvgIpc) is 2.63. The molecule has 1 aliphatic rings. The smallest absolute Gasteiger partial charge is 0.210 e. The van der Waals surface area contributed by atoms with Crippen LogP contribution in [0, 0.1) is 0 Å². The molecule has 17 heavy (non-hydrogen) atoms. The fourth-order valence-corrected chi connectivity index (χ4v) is 4.89. The number of sulfonamides is 1. The molecule has 0 aliphatic carbocycles. The van der Waals surface area contributed by atoms with Crippen molar-refractivity contribution in [3.63, 3.8) is 0 Å². The number of primary sulfonamides is 1. The van der Waals surface area contributed by atoms with Crippen LogP contribution in [0.2, 0.25) is 0 Å². The lowest BCUT2D eigenvalue weighted by Gasteiger charge is -2.27. The van der Waals surface area contributed by atoms with Gasteiger partial charge in [-0.1, -0.05) is 6.92 Å². The molecule has 0 saturated heterocycles. The molecule has 0 aromatic carbocycles. The number of rotatable bonds is 4. The van der Waals surface area contributed by atoms with Gasteiger partial charge in [0.05, 0.1) is 9.96 Å². The quantitative estimate of drug-likeness (QED) is 0.883. The van der Waals surface area contributed by atoms with Crippen molar-refractivity contribution in [2.45, 2.75) is 28.8 Å². The fourth-order valence-electron chi connectivity index (χ4n) is 1.92. The van der Waals surface area contributed by atoms with Gasteiger partial charge in [0.1, 0.15) is 0 Å². The Kier molecular flexibility index (Phi) is 4.14. The second-order valence-electron chi connectivity index (χ2n) is 4.20. The number of nitrogens with two attached hydrogens (primary N) is 1. The third-order valence-electron chi connectivity index (χ3n) is 2.69. The van der Waals surface area contributed by atoms with Gasteiger partial charge in [-0.2, -0.15) is 0 Å². The largest absolute Gasteiger partial charge is 0.309 e. The molecule has 1 aliphatic heterocycles. The molecule has 0 fully saturated rings. The number of thioether (sulfide) groups is 1. The molecule has 2 rings (SSSR count). The van der Waals surface area contributed by atoms with Crippen LogP contribution in [0.5, 0.6) is 0 Å². The average molecular weight is 292 g/mol. The van der Waals surface area contributed by atoms with E-state index in [-0.39, 0.29) is 11.8 Å². The van der Waals surface area contributed by atoms with Crippen molar-refractivity contribution in [3.05, 3.63) is 17.0 Å². The first kappa shape index (κ1) is 13.4. The molecule has 96 valence electrons. The van der Waals surface area contributed by atoms with Crippen molar-refractivity contribution in [2.75, 3.05) is 12.3 Å². The first-order valence-electron chi connectivity index (χ1n) is 5.43. The molecule has 1 unspecified atom stereocenters. The zero-order chi connectivity index (χ0) is 12.5. The maximum atomic E-state index is 10.9. The molecule has 0 bridgehead atoms. The van der Waals surface area contributed by atoms with E-state index in [1.165, 1.54) is 9.77 Å². The van der Waals surface area contributed by atoms with E-state index in [0.717, 1.165) is 6.42 Å². The number of nitrogens with one attached hydrogen (secondary N) is 1. The van der Waals surface area contributed by atoms with Crippen molar-refractivity contribution in [2.24, 2.45) is 5.14 Å². The van der Waals surface area contributed by atoms with Gasteiger partial charge >= 0.3 is 0 Å². The van der Waals surface area contributed by atoms with Gasteiger partial charge < -0.3 is 5.32 Å². The predicted octanol–water partition coefficient (Wildman–Crippen LogP) is 1.55. The van der Waals surface area contributed by atoms with E-state index in [4.69, 9.17) is 5.14 Å². The van der Waals surface area contributed by atoms with E-state index in [9.17, 15) is 8.42 Å². The second kappa shape index (κ2) is 5.27. The van der Waals surface area contributed by atoms with Crippen LogP contribution in [0.1, 0.15) is 24.9 Å². The highest BCUT2D eigenvalue weighted by molar-refractivity contribution is 8.01. The zero-order valence-electron chi connectivity index (χ0n) is 9.55. The van der Waals surface area contributed by atoms with Crippen LogP contribution in [0.3, 0.4) is 0 Å². The Balaban J connectivity index is 1.98. The molecule has 4 nitrogen and oxygen atoms in total. The lowest BCUT2D eigenvalue weighted by molar-refractivity contribution is 0.501. The fraction of sp³-hybridized carbons (Fsp3) is 0.600. The Morgan fingerprint density at radius 1 is 1.59 bits per heavy atom. The van der Waals surface area contributed by atoms with Gasteiger partial charge in [0, 0.05) is 17.8 Å². The van der Waals surface area contributed by atoms with Gasteiger partial charge in [0.25, 0.3) is 0 Å². The molecule has 7 heteroatoms. The van der Waals surface area contributed by atoms with Crippen LogP contribution < -0.4 is 10.5 Å². The molecule has 1 aromatic rings. The van der Waals surface area contributed by atoms with Gasteiger partial charge in [-0.3, -0.25) is 0 Å². The van der Waals surface area contributed by atoms with Crippen molar-refractivity contribution in [3.8, 4) is 0 Å². The lowest BCUT2D eigenvalue weighted by atomic mass is 10.1. The van der Waals surface area contributed by atoms with Crippen LogP contribution in [0.4, 0.5) is 0 Å². The molecule has 1 aromatic heterocycles. The maximum Gasteiger partial charge on any atom is 0.210 e. The maximum absolute atomic E-state index is 10.9. The van der Waals surface area contributed by atoms with Crippen LogP contribution >= 0.6 is 23.1 Å². The molecular formula is C10H16N2O2S3. The monoisotopic (exact) mass is 292 g/mol. The van der Waals surface area contributed by atoms with Crippen LogP contribution in [-0.4, -0.2) is 26.0 Å². The first-order chi connectivity index (χ1) is 7.96. The molecule has 0 radical (unpaired) electrons. The molecular weight excluding hydrogens is 276 g/mol. The van der Waals surface area contributed by atoms with Crippen molar-refractivity contribution in [1.29, 1.82) is 0 Å². The second-order valence-corrected chi connectivity index (χ2v) is 8.56. The first-order valence-corrected chi connectivity index (χ1v) is 8.91. The van der Waals surface area contributed by atoms with Gasteiger partial charge in [-0.05, 0) is 23.4 Å². The lowest BCUT2D eigenvalue weighted by Crippen LogP contribution is -2.32. The van der Waals surface area contributed by atoms with Crippen LogP contribution in [0.25, 0.3) is 0 Å². The summed E-state index contributed by atoms with van der Waals surface area (Å²) < 4.78 is 23.1. The van der Waals surface area contributed by atoms with Crippen LogP contribution in [0.15, 0.2) is 15.7 Å². The molecule has 0 saturated carbocycles. The Morgan fingerprint density at radius 3 is 3.06 bits per heavy atom. The Morgan fingerprint density at radius 2 is 2.35 bits per heavy atom. The molecule has 2 atom stereocenters. The SMILES string of the molecule is C[C@H]1CC(NCCS(N)(=O)=O)c2ccsc2S1. The molecule has 3 N–H and O–H groups in total. The highest BCUT2D eigenvalue weighted by Gasteiger charge is 2.25. The van der Waals surface area contributed by atoms with Gasteiger partial charge in [0.2, 0.25) is 10.0 Å². The topological polar surface area (TPSA) is 72.2 Å². The van der Waals surface area contributed by atoms with E-state index >= 15 is 0 Å². The van der Waals surface area contributed by atoms with E-state index < -0.39 is 10.0 Å². The van der Waals surface area contributed by atoms with Gasteiger partial charge in [0.15, 0.2) is 0 Å². The van der Waals surface area contributed by atoms with E-state index in [2.05, 4.69) is 23.7 Å². The Hall–Kier alpha value is -0.0800. The number of fused-ring (bicyclic) bond motifs is 1. The normalized spacial score (nSPS) is 24.6. The van der Waals surface area contributed by atoms with Gasteiger partial charge in [-0.15, -0.1) is 23.1 Å². The summed E-state index contributed by atoms with van der Waals surface area (Å²) in [5.41, 5.74) is 1.30. The number of thiophene rings is 1. The number of hydrogen-bond donors (Lipinski definition) is 2. The summed E-state index contributed by atoms with van der Waals surface area (Å²) in [6.07, 6.45) is 1.03. The summed E-state index contributed by atoms with van der Waals surface area (Å²) in [4.78, 5) is 0. The molecule has 0 spiro atoms. The summed E-state index contributed by atoms with van der Waals surface area (Å²) >= 11 is 3.65. The van der Waals surface area contributed by atoms with Crippen molar-refractivity contribution < 1.29 is 8.42 Å². The van der Waals surface area contributed by atoms with E-state index in [1.807, 2.05) is 11.8 Å². The highest BCUT2D eigenvalue weighted by atomic mass is 32.2. The summed E-state index contributed by atoms with van der Waals surface area (Å²) in [6, 6.07) is 2.38. The zero-order valence-corrected chi connectivity index (χ0v) is 12.0. The highest BCUT2D eigenvalue weighted by Crippen LogP contribution is 2.43. The third-order valence-corrected chi connectivity index (χ3v) is 5.80. The van der Waals surface area contributed by atoms with Gasteiger partial charge in [-0.25, -0.2) is 13.6 Å².